The van der Waals surface area contributed by atoms with Gasteiger partial charge in [0, 0.05) is 5.56 Å². The quantitative estimate of drug-likeness (QED) is 0.355. The molecule has 0 radical (unpaired) electrons. The van der Waals surface area contributed by atoms with Gasteiger partial charge in [0.2, 0.25) is 6.79 Å². The molecule has 0 N–H and O–H groups in total. The SMILES string of the molecule is CCOC(=O)C1=C(C)N=c2s/c(=C\c3cc4c(cc3C)OCO4)c(=O)n2C1c1c(OC)ccc2ccccc12. The monoisotopic (exact) mass is 542 g/mol. The molecule has 3 aromatic carbocycles. The Balaban J connectivity index is 1.64. The molecule has 1 aromatic heterocycles. The van der Waals surface area contributed by atoms with Crippen LogP contribution in [0.25, 0.3) is 16.8 Å². The van der Waals surface area contributed by atoms with E-state index in [2.05, 4.69) is 0 Å². The number of esters is 1. The molecule has 0 bridgehead atoms. The van der Waals surface area contributed by atoms with Gasteiger partial charge in [0.25, 0.3) is 5.56 Å². The third kappa shape index (κ3) is 4.10. The van der Waals surface area contributed by atoms with Gasteiger partial charge in [-0.1, -0.05) is 41.7 Å². The molecule has 9 heteroatoms. The van der Waals surface area contributed by atoms with Crippen LogP contribution in [0.3, 0.4) is 0 Å². The average molecular weight is 543 g/mol. The van der Waals surface area contributed by atoms with Gasteiger partial charge in [-0.3, -0.25) is 9.36 Å². The average Bonchev–Trinajstić information content (AvgIpc) is 3.50. The van der Waals surface area contributed by atoms with E-state index in [4.69, 9.17) is 23.9 Å². The highest BCUT2D eigenvalue weighted by molar-refractivity contribution is 7.07. The maximum atomic E-state index is 14.1. The second-order valence-electron chi connectivity index (χ2n) is 9.27. The number of aryl methyl sites for hydroxylation is 1. The number of allylic oxidation sites excluding steroid dienone is 1. The number of nitrogens with zero attached hydrogens (tertiary/aromatic N) is 2. The van der Waals surface area contributed by atoms with E-state index in [1.54, 1.807) is 25.5 Å². The highest BCUT2D eigenvalue weighted by Crippen LogP contribution is 2.40. The first-order valence-electron chi connectivity index (χ1n) is 12.6. The molecule has 39 heavy (non-hydrogen) atoms. The van der Waals surface area contributed by atoms with E-state index >= 15 is 0 Å². The van der Waals surface area contributed by atoms with Crippen LogP contribution < -0.4 is 29.1 Å². The van der Waals surface area contributed by atoms with Crippen molar-refractivity contribution in [3.05, 3.63) is 96.2 Å². The molecule has 0 amide bonds. The second kappa shape index (κ2) is 9.74. The first-order chi connectivity index (χ1) is 18.9. The molecule has 198 valence electrons. The smallest absolute Gasteiger partial charge is 0.338 e. The fraction of sp³-hybridized carbons (Fsp3) is 0.233. The van der Waals surface area contributed by atoms with E-state index in [9.17, 15) is 9.59 Å². The van der Waals surface area contributed by atoms with Crippen molar-refractivity contribution in [2.75, 3.05) is 20.5 Å². The van der Waals surface area contributed by atoms with E-state index in [1.807, 2.05) is 61.5 Å². The molecule has 4 aromatic rings. The van der Waals surface area contributed by atoms with Gasteiger partial charge in [-0.05, 0) is 66.9 Å². The van der Waals surface area contributed by atoms with Crippen molar-refractivity contribution >= 4 is 34.2 Å². The maximum Gasteiger partial charge on any atom is 0.338 e. The minimum Gasteiger partial charge on any atom is -0.496 e. The summed E-state index contributed by atoms with van der Waals surface area (Å²) in [6.45, 7) is 5.85. The summed E-state index contributed by atoms with van der Waals surface area (Å²) >= 11 is 1.28. The first-order valence-corrected chi connectivity index (χ1v) is 13.4. The Morgan fingerprint density at radius 3 is 2.69 bits per heavy atom. The van der Waals surface area contributed by atoms with Crippen LogP contribution in [0.4, 0.5) is 0 Å². The van der Waals surface area contributed by atoms with Gasteiger partial charge < -0.3 is 18.9 Å². The maximum absolute atomic E-state index is 14.1. The number of fused-ring (bicyclic) bond motifs is 3. The van der Waals surface area contributed by atoms with Crippen molar-refractivity contribution < 1.29 is 23.7 Å². The van der Waals surface area contributed by atoms with Crippen LogP contribution in [0.1, 0.15) is 36.6 Å². The lowest BCUT2D eigenvalue weighted by Gasteiger charge is -2.27. The van der Waals surface area contributed by atoms with E-state index in [-0.39, 0.29) is 19.0 Å². The lowest BCUT2D eigenvalue weighted by atomic mass is 9.90. The van der Waals surface area contributed by atoms with E-state index in [0.29, 0.717) is 43.4 Å². The zero-order valence-corrected chi connectivity index (χ0v) is 22.8. The molecule has 3 heterocycles. The summed E-state index contributed by atoms with van der Waals surface area (Å²) in [7, 11) is 1.58. The number of carbonyl (C=O) groups excluding carboxylic acids is 1. The summed E-state index contributed by atoms with van der Waals surface area (Å²) in [5, 5.41) is 1.84. The van der Waals surface area contributed by atoms with Gasteiger partial charge in [-0.2, -0.15) is 0 Å². The molecule has 2 aliphatic rings. The summed E-state index contributed by atoms with van der Waals surface area (Å²) in [6.07, 6.45) is 1.84. The zero-order chi connectivity index (χ0) is 27.3. The van der Waals surface area contributed by atoms with Gasteiger partial charge in [0.05, 0.1) is 29.5 Å². The number of aromatic nitrogens is 1. The Labute approximate surface area is 228 Å². The molecular formula is C30H26N2O6S. The molecule has 0 spiro atoms. The van der Waals surface area contributed by atoms with Crippen LogP contribution >= 0.6 is 11.3 Å². The van der Waals surface area contributed by atoms with Crippen molar-refractivity contribution in [3.8, 4) is 17.2 Å². The third-order valence-electron chi connectivity index (χ3n) is 6.99. The number of rotatable bonds is 5. The number of thiazole rings is 1. The molecular weight excluding hydrogens is 516 g/mol. The Morgan fingerprint density at radius 2 is 1.92 bits per heavy atom. The van der Waals surface area contributed by atoms with E-state index in [1.165, 1.54) is 11.3 Å². The second-order valence-corrected chi connectivity index (χ2v) is 10.3. The molecule has 0 saturated heterocycles. The topological polar surface area (TPSA) is 88.4 Å². The third-order valence-corrected chi connectivity index (χ3v) is 7.97. The number of ether oxygens (including phenoxy) is 4. The number of methoxy groups -OCH3 is 1. The normalized spacial score (nSPS) is 16.3. The molecule has 0 aliphatic carbocycles. The lowest BCUT2D eigenvalue weighted by Crippen LogP contribution is -2.40. The molecule has 0 fully saturated rings. The summed E-state index contributed by atoms with van der Waals surface area (Å²) in [5.74, 6) is 1.37. The summed E-state index contributed by atoms with van der Waals surface area (Å²) in [5.41, 5.74) is 3.04. The number of carbonyl (C=O) groups is 1. The van der Waals surface area contributed by atoms with Crippen molar-refractivity contribution in [2.24, 2.45) is 4.99 Å². The van der Waals surface area contributed by atoms with Crippen LogP contribution in [0.5, 0.6) is 17.2 Å². The molecule has 0 saturated carbocycles. The van der Waals surface area contributed by atoms with Crippen LogP contribution in [0.2, 0.25) is 0 Å². The molecule has 1 atom stereocenters. The van der Waals surface area contributed by atoms with Gasteiger partial charge in [0.15, 0.2) is 16.3 Å². The van der Waals surface area contributed by atoms with Crippen LogP contribution in [0.15, 0.2) is 69.6 Å². The molecule has 6 rings (SSSR count). The fourth-order valence-corrected chi connectivity index (χ4v) is 6.19. The molecule has 1 unspecified atom stereocenters. The van der Waals surface area contributed by atoms with Gasteiger partial charge in [-0.15, -0.1) is 0 Å². The summed E-state index contributed by atoms with van der Waals surface area (Å²) in [4.78, 5) is 32.7. The largest absolute Gasteiger partial charge is 0.496 e. The van der Waals surface area contributed by atoms with Gasteiger partial charge in [-0.25, -0.2) is 9.79 Å². The first kappa shape index (κ1) is 24.9. The minimum atomic E-state index is -0.790. The predicted octanol–water partition coefficient (Wildman–Crippen LogP) is 4.00. The summed E-state index contributed by atoms with van der Waals surface area (Å²) in [6, 6.07) is 14.6. The van der Waals surface area contributed by atoms with Crippen molar-refractivity contribution in [1.82, 2.24) is 4.57 Å². The Morgan fingerprint density at radius 1 is 1.15 bits per heavy atom. The minimum absolute atomic E-state index is 0.170. The number of hydrogen-bond donors (Lipinski definition) is 0. The predicted molar refractivity (Wildman–Crippen MR) is 148 cm³/mol. The van der Waals surface area contributed by atoms with Crippen molar-refractivity contribution in [3.63, 3.8) is 0 Å². The highest BCUT2D eigenvalue weighted by Gasteiger charge is 2.36. The Hall–Kier alpha value is -4.37. The van der Waals surface area contributed by atoms with Crippen LogP contribution in [-0.4, -0.2) is 31.0 Å². The number of benzene rings is 3. The highest BCUT2D eigenvalue weighted by atomic mass is 32.1. The molecule has 2 aliphatic heterocycles. The molecule has 8 nitrogen and oxygen atoms in total. The number of hydrogen-bond acceptors (Lipinski definition) is 8. The van der Waals surface area contributed by atoms with Gasteiger partial charge >= 0.3 is 5.97 Å². The van der Waals surface area contributed by atoms with Gasteiger partial charge in [0.1, 0.15) is 11.8 Å². The van der Waals surface area contributed by atoms with E-state index in [0.717, 1.165) is 21.9 Å². The summed E-state index contributed by atoms with van der Waals surface area (Å²) < 4.78 is 24.4. The fourth-order valence-electron chi connectivity index (χ4n) is 5.16. The standard InChI is InChI=1S/C30H26N2O6S/c1-5-36-29(34)25-17(3)31-30-32(27(25)26-20-9-7-6-8-18(20)10-11-21(26)35-4)28(33)24(39-30)14-19-13-23-22(12-16(19)2)37-15-38-23/h6-14,27H,5,15H2,1-4H3/b24-14-. The van der Waals surface area contributed by atoms with E-state index < -0.39 is 12.0 Å². The van der Waals surface area contributed by atoms with Crippen LogP contribution in [0, 0.1) is 6.92 Å². The van der Waals surface area contributed by atoms with Crippen molar-refractivity contribution in [1.29, 1.82) is 0 Å². The van der Waals surface area contributed by atoms with Crippen molar-refractivity contribution in [2.45, 2.75) is 26.8 Å². The Bertz CT molecular complexity index is 1870. The Kier molecular flexibility index (Phi) is 6.23. The zero-order valence-electron chi connectivity index (χ0n) is 21.9. The van der Waals surface area contributed by atoms with Crippen LogP contribution in [-0.2, 0) is 9.53 Å². The lowest BCUT2D eigenvalue weighted by molar-refractivity contribution is -0.139.